The Bertz CT molecular complexity index is 446. The molecule has 0 saturated heterocycles. The Kier molecular flexibility index (Phi) is 2.44. The Morgan fingerprint density at radius 2 is 2.06 bits per heavy atom. The molecule has 1 aromatic rings. The SMILES string of the molecule is CC1COC(c2ccc(CC3(N)CC3)cc2)=N1. The van der Waals surface area contributed by atoms with Gasteiger partial charge in [-0.15, -0.1) is 0 Å². The van der Waals surface area contributed by atoms with Gasteiger partial charge in [0.05, 0.1) is 6.04 Å². The van der Waals surface area contributed by atoms with Crippen molar-refractivity contribution in [1.82, 2.24) is 0 Å². The average molecular weight is 230 g/mol. The lowest BCUT2D eigenvalue weighted by atomic mass is 10.0. The minimum absolute atomic E-state index is 0.0808. The van der Waals surface area contributed by atoms with E-state index in [0.717, 1.165) is 30.7 Å². The van der Waals surface area contributed by atoms with Gasteiger partial charge < -0.3 is 10.5 Å². The molecule has 0 radical (unpaired) electrons. The molecule has 3 rings (SSSR count). The van der Waals surface area contributed by atoms with Crippen molar-refractivity contribution in [3.05, 3.63) is 35.4 Å². The first kappa shape index (κ1) is 10.8. The highest BCUT2D eigenvalue weighted by Gasteiger charge is 2.37. The van der Waals surface area contributed by atoms with E-state index in [-0.39, 0.29) is 11.6 Å². The molecule has 0 amide bonds. The normalized spacial score (nSPS) is 25.3. The maximum Gasteiger partial charge on any atom is 0.216 e. The second kappa shape index (κ2) is 3.84. The van der Waals surface area contributed by atoms with Crippen molar-refractivity contribution in [2.24, 2.45) is 10.7 Å². The Labute approximate surface area is 102 Å². The van der Waals surface area contributed by atoms with Crippen LogP contribution in [-0.4, -0.2) is 24.1 Å². The fourth-order valence-electron chi connectivity index (χ4n) is 2.14. The third-order valence-electron chi connectivity index (χ3n) is 3.45. The van der Waals surface area contributed by atoms with Gasteiger partial charge in [-0.05, 0) is 43.9 Å². The van der Waals surface area contributed by atoms with Crippen LogP contribution in [0.15, 0.2) is 29.3 Å². The summed E-state index contributed by atoms with van der Waals surface area (Å²) in [6.07, 6.45) is 3.29. The second-order valence-electron chi connectivity index (χ2n) is 5.33. The van der Waals surface area contributed by atoms with Crippen LogP contribution in [0.25, 0.3) is 0 Å². The molecule has 1 aromatic carbocycles. The van der Waals surface area contributed by atoms with Crippen LogP contribution in [0.5, 0.6) is 0 Å². The number of ether oxygens (including phenoxy) is 1. The number of hydrogen-bond donors (Lipinski definition) is 1. The van der Waals surface area contributed by atoms with Gasteiger partial charge >= 0.3 is 0 Å². The van der Waals surface area contributed by atoms with Crippen molar-refractivity contribution >= 4 is 5.90 Å². The highest BCUT2D eigenvalue weighted by Crippen LogP contribution is 2.35. The van der Waals surface area contributed by atoms with Crippen molar-refractivity contribution in [3.8, 4) is 0 Å². The zero-order valence-corrected chi connectivity index (χ0v) is 10.1. The van der Waals surface area contributed by atoms with E-state index in [9.17, 15) is 0 Å². The maximum absolute atomic E-state index is 6.11. The number of hydrogen-bond acceptors (Lipinski definition) is 3. The average Bonchev–Trinajstić information content (AvgIpc) is 2.87. The topological polar surface area (TPSA) is 47.6 Å². The summed E-state index contributed by atoms with van der Waals surface area (Å²) in [6, 6.07) is 8.72. The van der Waals surface area contributed by atoms with Gasteiger partial charge in [0.2, 0.25) is 5.90 Å². The summed E-state index contributed by atoms with van der Waals surface area (Å²) in [6.45, 7) is 2.76. The lowest BCUT2D eigenvalue weighted by Crippen LogP contribution is -2.24. The molecule has 17 heavy (non-hydrogen) atoms. The van der Waals surface area contributed by atoms with Crippen LogP contribution in [0.2, 0.25) is 0 Å². The predicted octanol–water partition coefficient (Wildman–Crippen LogP) is 1.89. The van der Waals surface area contributed by atoms with Gasteiger partial charge in [0, 0.05) is 11.1 Å². The van der Waals surface area contributed by atoms with Crippen molar-refractivity contribution in [2.45, 2.75) is 37.8 Å². The first-order valence-corrected chi connectivity index (χ1v) is 6.23. The minimum Gasteiger partial charge on any atom is -0.475 e. The Hall–Kier alpha value is -1.35. The number of aliphatic imine (C=N–C) groups is 1. The Morgan fingerprint density at radius 1 is 1.35 bits per heavy atom. The smallest absolute Gasteiger partial charge is 0.216 e. The second-order valence-corrected chi connectivity index (χ2v) is 5.33. The van der Waals surface area contributed by atoms with E-state index in [1.165, 1.54) is 5.56 Å². The van der Waals surface area contributed by atoms with E-state index in [1.54, 1.807) is 0 Å². The number of benzene rings is 1. The molecule has 0 bridgehead atoms. The first-order chi connectivity index (χ1) is 8.15. The monoisotopic (exact) mass is 230 g/mol. The van der Waals surface area contributed by atoms with Crippen molar-refractivity contribution < 1.29 is 4.74 Å². The highest BCUT2D eigenvalue weighted by molar-refractivity contribution is 5.95. The molecule has 1 fully saturated rings. The Balaban J connectivity index is 1.73. The number of rotatable bonds is 3. The van der Waals surface area contributed by atoms with Crippen molar-refractivity contribution in [2.75, 3.05) is 6.61 Å². The van der Waals surface area contributed by atoms with E-state index in [1.807, 2.05) is 0 Å². The van der Waals surface area contributed by atoms with E-state index < -0.39 is 0 Å². The van der Waals surface area contributed by atoms with Crippen LogP contribution >= 0.6 is 0 Å². The van der Waals surface area contributed by atoms with Gasteiger partial charge in [-0.25, -0.2) is 4.99 Å². The molecular weight excluding hydrogens is 212 g/mol. The van der Waals surface area contributed by atoms with Gasteiger partial charge in [0.15, 0.2) is 0 Å². The van der Waals surface area contributed by atoms with Crippen LogP contribution < -0.4 is 5.73 Å². The third kappa shape index (κ3) is 2.34. The summed E-state index contributed by atoms with van der Waals surface area (Å²) >= 11 is 0. The third-order valence-corrected chi connectivity index (χ3v) is 3.45. The molecule has 1 aliphatic carbocycles. The number of nitrogens with zero attached hydrogens (tertiary/aromatic N) is 1. The van der Waals surface area contributed by atoms with Crippen molar-refractivity contribution in [3.63, 3.8) is 0 Å². The van der Waals surface area contributed by atoms with Crippen LogP contribution in [-0.2, 0) is 11.2 Å². The highest BCUT2D eigenvalue weighted by atomic mass is 16.5. The van der Waals surface area contributed by atoms with E-state index in [0.29, 0.717) is 6.61 Å². The van der Waals surface area contributed by atoms with E-state index >= 15 is 0 Å². The zero-order chi connectivity index (χ0) is 11.9. The summed E-state index contributed by atoms with van der Waals surface area (Å²) in [5, 5.41) is 0. The largest absolute Gasteiger partial charge is 0.475 e. The summed E-state index contributed by atoms with van der Waals surface area (Å²) < 4.78 is 5.53. The molecule has 2 aliphatic rings. The number of nitrogens with two attached hydrogens (primary N) is 1. The summed E-state index contributed by atoms with van der Waals surface area (Å²) in [7, 11) is 0. The molecule has 1 unspecified atom stereocenters. The van der Waals surface area contributed by atoms with Gasteiger partial charge in [0.1, 0.15) is 6.61 Å². The summed E-state index contributed by atoms with van der Waals surface area (Å²) in [4.78, 5) is 4.45. The van der Waals surface area contributed by atoms with Crippen molar-refractivity contribution in [1.29, 1.82) is 0 Å². The predicted molar refractivity (Wildman–Crippen MR) is 68.2 cm³/mol. The zero-order valence-electron chi connectivity index (χ0n) is 10.1. The molecule has 3 heteroatoms. The van der Waals surface area contributed by atoms with Gasteiger partial charge in [-0.3, -0.25) is 0 Å². The molecule has 1 aliphatic heterocycles. The van der Waals surface area contributed by atoms with Crippen LogP contribution in [0.3, 0.4) is 0 Å². The lowest BCUT2D eigenvalue weighted by molar-refractivity contribution is 0.324. The van der Waals surface area contributed by atoms with Gasteiger partial charge in [-0.1, -0.05) is 12.1 Å². The summed E-state index contributed by atoms with van der Waals surface area (Å²) in [5.41, 5.74) is 8.56. The maximum atomic E-state index is 6.11. The molecule has 2 N–H and O–H groups in total. The van der Waals surface area contributed by atoms with Crippen LogP contribution in [0.4, 0.5) is 0 Å². The molecule has 0 spiro atoms. The lowest BCUT2D eigenvalue weighted by Gasteiger charge is -2.09. The molecule has 3 nitrogen and oxygen atoms in total. The molecule has 0 aromatic heterocycles. The molecule has 90 valence electrons. The minimum atomic E-state index is 0.0808. The fourth-order valence-corrected chi connectivity index (χ4v) is 2.14. The molecule has 1 atom stereocenters. The molecule has 1 saturated carbocycles. The Morgan fingerprint density at radius 3 is 2.59 bits per heavy atom. The fraction of sp³-hybridized carbons (Fsp3) is 0.500. The summed E-state index contributed by atoms with van der Waals surface area (Å²) in [5.74, 6) is 0.776. The first-order valence-electron chi connectivity index (χ1n) is 6.23. The van der Waals surface area contributed by atoms with Gasteiger partial charge in [0.25, 0.3) is 0 Å². The standard InChI is InChI=1S/C14H18N2O/c1-10-9-17-13(16-10)12-4-2-11(3-5-12)8-14(15)6-7-14/h2-5,10H,6-9,15H2,1H3. The molecular formula is C14H18N2O. The quantitative estimate of drug-likeness (QED) is 0.862. The van der Waals surface area contributed by atoms with E-state index in [4.69, 9.17) is 10.5 Å². The van der Waals surface area contributed by atoms with E-state index in [2.05, 4.69) is 36.2 Å². The van der Waals surface area contributed by atoms with Crippen LogP contribution in [0, 0.1) is 0 Å². The van der Waals surface area contributed by atoms with Gasteiger partial charge in [-0.2, -0.15) is 0 Å². The van der Waals surface area contributed by atoms with Crippen LogP contribution in [0.1, 0.15) is 30.9 Å². The molecule has 1 heterocycles.